The maximum absolute atomic E-state index is 13.0. The third-order valence-corrected chi connectivity index (χ3v) is 3.35. The topological polar surface area (TPSA) is 87.5 Å². The Morgan fingerprint density at radius 1 is 1.45 bits per heavy atom. The number of primary amides is 1. The maximum atomic E-state index is 13.0. The van der Waals surface area contributed by atoms with Gasteiger partial charge in [-0.05, 0) is 43.5 Å². The molecule has 1 heterocycles. The third kappa shape index (κ3) is 2.98. The van der Waals surface area contributed by atoms with E-state index in [1.807, 2.05) is 0 Å². The number of halogens is 1. The molecule has 0 spiro atoms. The molecule has 0 saturated carbocycles. The van der Waals surface area contributed by atoms with Crippen LogP contribution >= 0.6 is 0 Å². The first-order chi connectivity index (χ1) is 9.49. The molecular formula is C13H17FN4O2. The van der Waals surface area contributed by atoms with Crippen LogP contribution in [0.3, 0.4) is 0 Å². The summed E-state index contributed by atoms with van der Waals surface area (Å²) in [6, 6.07) is 3.04. The number of hydrogen-bond acceptors (Lipinski definition) is 3. The Bertz CT molecular complexity index is 535. The largest absolute Gasteiger partial charge is 0.351 e. The summed E-state index contributed by atoms with van der Waals surface area (Å²) in [4.78, 5) is 24.5. The summed E-state index contributed by atoms with van der Waals surface area (Å²) >= 11 is 0. The van der Waals surface area contributed by atoms with Crippen molar-refractivity contribution in [1.29, 1.82) is 0 Å². The van der Waals surface area contributed by atoms with E-state index in [4.69, 9.17) is 5.73 Å². The van der Waals surface area contributed by atoms with Crippen LogP contribution in [0.4, 0.5) is 14.9 Å². The maximum Gasteiger partial charge on any atom is 0.315 e. The van der Waals surface area contributed by atoms with Crippen LogP contribution < -0.4 is 16.6 Å². The van der Waals surface area contributed by atoms with Crippen molar-refractivity contribution < 1.29 is 14.0 Å². The summed E-state index contributed by atoms with van der Waals surface area (Å²) in [6.45, 7) is 2.21. The second-order valence-electron chi connectivity index (χ2n) is 4.76. The van der Waals surface area contributed by atoms with Crippen LogP contribution in [0.2, 0.25) is 0 Å². The average molecular weight is 280 g/mol. The van der Waals surface area contributed by atoms with Gasteiger partial charge in [0.2, 0.25) is 0 Å². The predicted octanol–water partition coefficient (Wildman–Crippen LogP) is 1.12. The Labute approximate surface area is 116 Å². The van der Waals surface area contributed by atoms with Crippen LogP contribution in [0, 0.1) is 12.7 Å². The van der Waals surface area contributed by atoms with Gasteiger partial charge in [0.1, 0.15) is 11.9 Å². The highest BCUT2D eigenvalue weighted by molar-refractivity contribution is 5.87. The minimum Gasteiger partial charge on any atom is -0.351 e. The fourth-order valence-corrected chi connectivity index (χ4v) is 2.28. The molecule has 0 bridgehead atoms. The number of aryl methyl sites for hydroxylation is 1. The number of nitrogens with zero attached hydrogens (tertiary/aromatic N) is 1. The third-order valence-electron chi connectivity index (χ3n) is 3.35. The first-order valence-electron chi connectivity index (χ1n) is 6.37. The van der Waals surface area contributed by atoms with Crippen molar-refractivity contribution >= 4 is 17.6 Å². The molecule has 1 aromatic rings. The number of nitrogens with two attached hydrogens (primary N) is 1. The first-order valence-corrected chi connectivity index (χ1v) is 6.37. The van der Waals surface area contributed by atoms with Crippen molar-refractivity contribution in [1.82, 2.24) is 10.3 Å². The van der Waals surface area contributed by atoms with E-state index in [1.54, 1.807) is 6.92 Å². The Balaban J connectivity index is 1.96. The summed E-state index contributed by atoms with van der Waals surface area (Å²) in [5.41, 5.74) is 11.7. The lowest BCUT2D eigenvalue weighted by atomic mass is 10.2. The van der Waals surface area contributed by atoms with Crippen LogP contribution in [0.15, 0.2) is 18.2 Å². The van der Waals surface area contributed by atoms with Crippen LogP contribution in [-0.2, 0) is 4.79 Å². The number of hydrogen-bond donors (Lipinski definition) is 3. The van der Waals surface area contributed by atoms with Gasteiger partial charge in [-0.3, -0.25) is 15.6 Å². The number of carbonyl (C=O) groups excluding carboxylic acids is 2. The van der Waals surface area contributed by atoms with Gasteiger partial charge in [0.15, 0.2) is 0 Å². The molecule has 108 valence electrons. The fourth-order valence-electron chi connectivity index (χ4n) is 2.28. The zero-order valence-electron chi connectivity index (χ0n) is 11.1. The average Bonchev–Trinajstić information content (AvgIpc) is 2.86. The van der Waals surface area contributed by atoms with Crippen molar-refractivity contribution in [2.24, 2.45) is 5.73 Å². The molecule has 7 heteroatoms. The molecule has 0 aromatic heterocycles. The van der Waals surface area contributed by atoms with Gasteiger partial charge in [-0.25, -0.2) is 9.18 Å². The molecule has 1 saturated heterocycles. The number of amides is 3. The Hall–Kier alpha value is -2.31. The van der Waals surface area contributed by atoms with E-state index in [9.17, 15) is 14.0 Å². The smallest absolute Gasteiger partial charge is 0.315 e. The van der Waals surface area contributed by atoms with E-state index in [0.717, 1.165) is 6.42 Å². The van der Waals surface area contributed by atoms with Crippen LogP contribution in [0.25, 0.3) is 0 Å². The molecule has 1 aliphatic rings. The monoisotopic (exact) mass is 280 g/mol. The van der Waals surface area contributed by atoms with E-state index in [2.05, 4.69) is 10.9 Å². The second-order valence-corrected chi connectivity index (χ2v) is 4.76. The zero-order valence-corrected chi connectivity index (χ0v) is 11.1. The zero-order chi connectivity index (χ0) is 14.7. The van der Waals surface area contributed by atoms with Crippen LogP contribution in [-0.4, -0.2) is 29.4 Å². The van der Waals surface area contributed by atoms with Gasteiger partial charge in [-0.15, -0.1) is 0 Å². The number of rotatable bonds is 3. The lowest BCUT2D eigenvalue weighted by Crippen LogP contribution is -2.49. The van der Waals surface area contributed by atoms with E-state index in [1.165, 1.54) is 23.1 Å². The molecule has 6 nitrogen and oxygen atoms in total. The molecule has 1 aromatic carbocycles. The molecule has 1 unspecified atom stereocenters. The van der Waals surface area contributed by atoms with Gasteiger partial charge in [-0.2, -0.15) is 0 Å². The Kier molecular flexibility index (Phi) is 4.07. The van der Waals surface area contributed by atoms with Crippen molar-refractivity contribution in [3.8, 4) is 0 Å². The number of benzene rings is 1. The fraction of sp³-hybridized carbons (Fsp3) is 0.385. The number of anilines is 1. The standard InChI is InChI=1S/C13H17FN4O2/c1-8-7-9(14)4-5-10(8)16-17-12(19)11-3-2-6-18(11)13(15)20/h4-5,7,11,16H,2-3,6H2,1H3,(H2,15,20)(H,17,19). The molecule has 1 fully saturated rings. The van der Waals surface area contributed by atoms with E-state index in [-0.39, 0.29) is 11.7 Å². The van der Waals surface area contributed by atoms with Gasteiger partial charge in [-0.1, -0.05) is 0 Å². The molecule has 4 N–H and O–H groups in total. The molecule has 1 aliphatic heterocycles. The highest BCUT2D eigenvalue weighted by atomic mass is 19.1. The Morgan fingerprint density at radius 2 is 2.20 bits per heavy atom. The minimum atomic E-state index is -0.597. The van der Waals surface area contributed by atoms with Gasteiger partial charge in [0, 0.05) is 6.54 Å². The Morgan fingerprint density at radius 3 is 2.85 bits per heavy atom. The SMILES string of the molecule is Cc1cc(F)ccc1NNC(=O)C1CCCN1C(N)=O. The minimum absolute atomic E-state index is 0.329. The first kappa shape index (κ1) is 14.1. The summed E-state index contributed by atoms with van der Waals surface area (Å²) < 4.78 is 13.0. The number of likely N-dealkylation sites (tertiary alicyclic amines) is 1. The number of carbonyl (C=O) groups is 2. The number of urea groups is 1. The van der Waals surface area contributed by atoms with Crippen molar-refractivity contribution in [2.75, 3.05) is 12.0 Å². The lowest BCUT2D eigenvalue weighted by Gasteiger charge is -2.22. The molecular weight excluding hydrogens is 263 g/mol. The number of hydrazine groups is 1. The van der Waals surface area contributed by atoms with Crippen molar-refractivity contribution in [3.05, 3.63) is 29.6 Å². The van der Waals surface area contributed by atoms with Gasteiger partial charge in [0.05, 0.1) is 5.69 Å². The van der Waals surface area contributed by atoms with Gasteiger partial charge < -0.3 is 10.6 Å². The molecule has 1 atom stereocenters. The normalized spacial score (nSPS) is 17.9. The molecule has 0 aliphatic carbocycles. The summed E-state index contributed by atoms with van der Waals surface area (Å²) in [5.74, 6) is -0.667. The highest BCUT2D eigenvalue weighted by Gasteiger charge is 2.32. The highest BCUT2D eigenvalue weighted by Crippen LogP contribution is 2.18. The summed E-state index contributed by atoms with van der Waals surface area (Å²) in [6.07, 6.45) is 1.33. The summed E-state index contributed by atoms with van der Waals surface area (Å²) in [7, 11) is 0. The molecule has 20 heavy (non-hydrogen) atoms. The molecule has 2 rings (SSSR count). The summed E-state index contributed by atoms with van der Waals surface area (Å²) in [5, 5.41) is 0. The van der Waals surface area contributed by atoms with Crippen LogP contribution in [0.1, 0.15) is 18.4 Å². The van der Waals surface area contributed by atoms with E-state index < -0.39 is 12.1 Å². The molecule has 0 radical (unpaired) electrons. The lowest BCUT2D eigenvalue weighted by molar-refractivity contribution is -0.124. The van der Waals surface area contributed by atoms with Gasteiger partial charge >= 0.3 is 6.03 Å². The quantitative estimate of drug-likeness (QED) is 0.725. The van der Waals surface area contributed by atoms with Crippen LogP contribution in [0.5, 0.6) is 0 Å². The van der Waals surface area contributed by atoms with Crippen molar-refractivity contribution in [2.45, 2.75) is 25.8 Å². The van der Waals surface area contributed by atoms with E-state index >= 15 is 0 Å². The van der Waals surface area contributed by atoms with Crippen molar-refractivity contribution in [3.63, 3.8) is 0 Å². The van der Waals surface area contributed by atoms with Gasteiger partial charge in [0.25, 0.3) is 5.91 Å². The second kappa shape index (κ2) is 5.77. The predicted molar refractivity (Wildman–Crippen MR) is 72.2 cm³/mol. The number of nitrogens with one attached hydrogen (secondary N) is 2. The molecule has 3 amide bonds. The van der Waals surface area contributed by atoms with E-state index in [0.29, 0.717) is 24.2 Å².